The van der Waals surface area contributed by atoms with E-state index in [1.807, 2.05) is 4.90 Å². The smallest absolute Gasteiger partial charge is 0.242 e. The van der Waals surface area contributed by atoms with Crippen LogP contribution in [-0.4, -0.2) is 50.2 Å². The summed E-state index contributed by atoms with van der Waals surface area (Å²) in [5.41, 5.74) is 0. The maximum atomic E-state index is 12.9. The summed E-state index contributed by atoms with van der Waals surface area (Å²) in [4.78, 5) is 14.1. The molecule has 0 aromatic heterocycles. The van der Waals surface area contributed by atoms with Crippen molar-refractivity contribution in [1.82, 2.24) is 9.21 Å². The Labute approximate surface area is 143 Å². The molecular weight excluding hydrogens is 331 g/mol. The first-order valence-electron chi connectivity index (χ1n) is 8.30. The van der Waals surface area contributed by atoms with Crippen LogP contribution in [0.25, 0.3) is 0 Å². The number of carbonyl (C=O) groups is 1. The van der Waals surface area contributed by atoms with Crippen molar-refractivity contribution in [3.05, 3.63) is 30.1 Å². The third kappa shape index (κ3) is 4.77. The van der Waals surface area contributed by atoms with Crippen LogP contribution >= 0.6 is 0 Å². The lowest BCUT2D eigenvalue weighted by Gasteiger charge is -2.31. The quantitative estimate of drug-likeness (QED) is 0.787. The molecule has 5 nitrogen and oxygen atoms in total. The largest absolute Gasteiger partial charge is 0.342 e. The zero-order valence-corrected chi connectivity index (χ0v) is 15.1. The SMILES string of the molecule is CC1CCCN(C(=O)CCCN(C)S(=O)(=O)c2ccc(F)cc2)C1. The molecule has 1 fully saturated rings. The predicted molar refractivity (Wildman–Crippen MR) is 90.4 cm³/mol. The summed E-state index contributed by atoms with van der Waals surface area (Å²) < 4.78 is 38.9. The molecule has 1 aliphatic rings. The van der Waals surface area contributed by atoms with Gasteiger partial charge in [0.25, 0.3) is 0 Å². The number of benzene rings is 1. The number of amides is 1. The van der Waals surface area contributed by atoms with Crippen LogP contribution in [-0.2, 0) is 14.8 Å². The Bertz CT molecular complexity index is 661. The van der Waals surface area contributed by atoms with Crippen molar-refractivity contribution in [2.45, 2.75) is 37.5 Å². The Morgan fingerprint density at radius 3 is 2.62 bits per heavy atom. The van der Waals surface area contributed by atoms with Crippen molar-refractivity contribution in [2.24, 2.45) is 5.92 Å². The molecule has 7 heteroatoms. The number of carbonyl (C=O) groups excluding carboxylic acids is 1. The van der Waals surface area contributed by atoms with E-state index < -0.39 is 15.8 Å². The molecule has 0 saturated carbocycles. The minimum atomic E-state index is -3.65. The molecule has 0 bridgehead atoms. The van der Waals surface area contributed by atoms with Crippen LogP contribution in [0, 0.1) is 11.7 Å². The Hall–Kier alpha value is -1.47. The van der Waals surface area contributed by atoms with Crippen molar-refractivity contribution in [1.29, 1.82) is 0 Å². The first-order valence-corrected chi connectivity index (χ1v) is 9.74. The average Bonchev–Trinajstić information content (AvgIpc) is 2.55. The predicted octanol–water partition coefficient (Wildman–Crippen LogP) is 2.48. The van der Waals surface area contributed by atoms with E-state index in [2.05, 4.69) is 6.92 Å². The maximum absolute atomic E-state index is 12.9. The molecule has 1 aliphatic heterocycles. The van der Waals surface area contributed by atoms with E-state index in [1.165, 1.54) is 23.5 Å². The van der Waals surface area contributed by atoms with Crippen LogP contribution in [0.1, 0.15) is 32.6 Å². The number of sulfonamides is 1. The summed E-state index contributed by atoms with van der Waals surface area (Å²) in [5.74, 6) is 0.149. The van der Waals surface area contributed by atoms with Gasteiger partial charge in [-0.2, -0.15) is 0 Å². The molecule has 1 unspecified atom stereocenters. The molecule has 24 heavy (non-hydrogen) atoms. The fourth-order valence-corrected chi connectivity index (χ4v) is 4.14. The topological polar surface area (TPSA) is 57.7 Å². The Kier molecular flexibility index (Phi) is 6.34. The van der Waals surface area contributed by atoms with Crippen LogP contribution in [0.15, 0.2) is 29.2 Å². The lowest BCUT2D eigenvalue weighted by molar-refractivity contribution is -0.133. The van der Waals surface area contributed by atoms with Crippen LogP contribution in [0.4, 0.5) is 4.39 Å². The number of halogens is 1. The summed E-state index contributed by atoms with van der Waals surface area (Å²) in [7, 11) is -2.17. The first kappa shape index (κ1) is 18.9. The van der Waals surface area contributed by atoms with Gasteiger partial charge in [0, 0.05) is 33.1 Å². The second-order valence-corrected chi connectivity index (χ2v) is 8.52. The van der Waals surface area contributed by atoms with Gasteiger partial charge < -0.3 is 4.90 Å². The van der Waals surface area contributed by atoms with Crippen LogP contribution in [0.3, 0.4) is 0 Å². The van der Waals surface area contributed by atoms with E-state index in [-0.39, 0.29) is 17.3 Å². The van der Waals surface area contributed by atoms with Gasteiger partial charge in [-0.3, -0.25) is 4.79 Å². The molecule has 0 radical (unpaired) electrons. The molecule has 1 amide bonds. The van der Waals surface area contributed by atoms with Gasteiger partial charge in [-0.25, -0.2) is 17.1 Å². The second kappa shape index (κ2) is 8.07. The lowest BCUT2D eigenvalue weighted by atomic mass is 10.00. The van der Waals surface area contributed by atoms with Gasteiger partial charge >= 0.3 is 0 Å². The molecule has 0 N–H and O–H groups in total. The summed E-state index contributed by atoms with van der Waals surface area (Å²) >= 11 is 0. The normalized spacial score (nSPS) is 18.8. The van der Waals surface area contributed by atoms with E-state index in [1.54, 1.807) is 0 Å². The minimum Gasteiger partial charge on any atom is -0.342 e. The molecule has 2 rings (SSSR count). The Morgan fingerprint density at radius 2 is 2.00 bits per heavy atom. The zero-order valence-electron chi connectivity index (χ0n) is 14.2. The van der Waals surface area contributed by atoms with Crippen molar-refractivity contribution >= 4 is 15.9 Å². The molecule has 1 atom stereocenters. The molecule has 1 heterocycles. The molecule has 0 spiro atoms. The Morgan fingerprint density at radius 1 is 1.33 bits per heavy atom. The maximum Gasteiger partial charge on any atom is 0.242 e. The van der Waals surface area contributed by atoms with Gasteiger partial charge in [0.2, 0.25) is 15.9 Å². The highest BCUT2D eigenvalue weighted by molar-refractivity contribution is 7.89. The highest BCUT2D eigenvalue weighted by atomic mass is 32.2. The molecule has 1 aromatic rings. The van der Waals surface area contributed by atoms with E-state index in [0.717, 1.165) is 38.1 Å². The summed E-state index contributed by atoms with van der Waals surface area (Å²) in [5, 5.41) is 0. The summed E-state index contributed by atoms with van der Waals surface area (Å²) in [6.45, 7) is 3.99. The van der Waals surface area contributed by atoms with Crippen LogP contribution in [0.2, 0.25) is 0 Å². The average molecular weight is 356 g/mol. The van der Waals surface area contributed by atoms with Crippen LogP contribution in [0.5, 0.6) is 0 Å². The summed E-state index contributed by atoms with van der Waals surface area (Å²) in [6.07, 6.45) is 3.00. The first-order chi connectivity index (χ1) is 11.3. The van der Waals surface area contributed by atoms with E-state index >= 15 is 0 Å². The number of likely N-dealkylation sites (tertiary alicyclic amines) is 1. The van der Waals surface area contributed by atoms with Gasteiger partial charge in [0.1, 0.15) is 5.82 Å². The van der Waals surface area contributed by atoms with E-state index in [4.69, 9.17) is 0 Å². The number of hydrogen-bond acceptors (Lipinski definition) is 3. The number of hydrogen-bond donors (Lipinski definition) is 0. The van der Waals surface area contributed by atoms with Crippen molar-refractivity contribution in [3.8, 4) is 0 Å². The third-order valence-electron chi connectivity index (χ3n) is 4.40. The molecular formula is C17H25FN2O3S. The Balaban J connectivity index is 1.85. The summed E-state index contributed by atoms with van der Waals surface area (Å²) in [6, 6.07) is 4.76. The van der Waals surface area contributed by atoms with Crippen molar-refractivity contribution < 1.29 is 17.6 Å². The molecule has 134 valence electrons. The second-order valence-electron chi connectivity index (χ2n) is 6.47. The fraction of sp³-hybridized carbons (Fsp3) is 0.588. The minimum absolute atomic E-state index is 0.0579. The third-order valence-corrected chi connectivity index (χ3v) is 6.27. The highest BCUT2D eigenvalue weighted by Crippen LogP contribution is 2.18. The van der Waals surface area contributed by atoms with Crippen molar-refractivity contribution in [3.63, 3.8) is 0 Å². The molecule has 1 saturated heterocycles. The molecule has 0 aliphatic carbocycles. The van der Waals surface area contributed by atoms with Gasteiger partial charge in [-0.05, 0) is 49.4 Å². The van der Waals surface area contributed by atoms with Gasteiger partial charge in [0.05, 0.1) is 4.90 Å². The standard InChI is InChI=1S/C17H25FN2O3S/c1-14-5-3-12-20(13-14)17(21)6-4-11-19(2)24(22,23)16-9-7-15(18)8-10-16/h7-10,14H,3-6,11-13H2,1-2H3. The van der Waals surface area contributed by atoms with Gasteiger partial charge in [-0.1, -0.05) is 6.92 Å². The van der Waals surface area contributed by atoms with E-state index in [9.17, 15) is 17.6 Å². The van der Waals surface area contributed by atoms with Gasteiger partial charge in [-0.15, -0.1) is 0 Å². The molecule has 1 aromatic carbocycles. The fourth-order valence-electron chi connectivity index (χ4n) is 2.93. The number of rotatable bonds is 6. The van der Waals surface area contributed by atoms with Crippen molar-refractivity contribution in [2.75, 3.05) is 26.7 Å². The van der Waals surface area contributed by atoms with Gasteiger partial charge in [0.15, 0.2) is 0 Å². The van der Waals surface area contributed by atoms with E-state index in [0.29, 0.717) is 18.8 Å². The number of nitrogens with zero attached hydrogens (tertiary/aromatic N) is 2. The zero-order chi connectivity index (χ0) is 17.7. The highest BCUT2D eigenvalue weighted by Gasteiger charge is 2.23. The monoisotopic (exact) mass is 356 g/mol. The lowest BCUT2D eigenvalue weighted by Crippen LogP contribution is -2.39. The van der Waals surface area contributed by atoms with Crippen LogP contribution < -0.4 is 0 Å². The number of piperidine rings is 1.